The quantitative estimate of drug-likeness (QED) is 0.312. The van der Waals surface area contributed by atoms with Crippen LogP contribution in [0.5, 0.6) is 5.75 Å². The van der Waals surface area contributed by atoms with Crippen LogP contribution in [-0.4, -0.2) is 69.7 Å². The van der Waals surface area contributed by atoms with Crippen LogP contribution in [-0.2, 0) is 59.0 Å². The summed E-state index contributed by atoms with van der Waals surface area (Å²) < 4.78 is 82.8. The van der Waals surface area contributed by atoms with Crippen LogP contribution in [0.2, 0.25) is 0 Å². The van der Waals surface area contributed by atoms with Gasteiger partial charge in [-0.05, 0) is 44.0 Å². The van der Waals surface area contributed by atoms with Gasteiger partial charge in [0.05, 0.1) is 43.9 Å². The zero-order valence-corrected chi connectivity index (χ0v) is 24.3. The second kappa shape index (κ2) is 11.8. The van der Waals surface area contributed by atoms with E-state index in [0.717, 1.165) is 4.68 Å². The lowest BCUT2D eigenvalue weighted by Gasteiger charge is -2.25. The Morgan fingerprint density at radius 2 is 1.85 bits per heavy atom. The second-order valence-corrected chi connectivity index (χ2v) is 11.6. The van der Waals surface area contributed by atoms with Gasteiger partial charge in [0.15, 0.2) is 5.69 Å². The first-order chi connectivity index (χ1) is 19.3. The van der Waals surface area contributed by atoms with E-state index in [1.807, 2.05) is 11.5 Å². The van der Waals surface area contributed by atoms with Crippen molar-refractivity contribution in [3.05, 3.63) is 58.4 Å². The van der Waals surface area contributed by atoms with Gasteiger partial charge < -0.3 is 18.9 Å². The van der Waals surface area contributed by atoms with Crippen LogP contribution in [0.15, 0.2) is 29.4 Å². The van der Waals surface area contributed by atoms with Gasteiger partial charge in [0.25, 0.3) is 0 Å². The summed E-state index contributed by atoms with van der Waals surface area (Å²) in [5.41, 5.74) is 0.328. The van der Waals surface area contributed by atoms with E-state index in [4.69, 9.17) is 9.47 Å². The number of sulfonamides is 1. The standard InChI is InChI=1S/C26H33F3N6O5S/c1-6-33-8-7-30-22(33)15-35(41(37,38)24-17(2)11-19(39-5)12-18(24)3)9-10-40-16-23(36)34-13-20-21(14-34)32(4)31-25(20)26(27,28)29/h7-8,11-12H,6,9-10,13-16H2,1-5H3. The van der Waals surface area contributed by atoms with Gasteiger partial charge in [0.2, 0.25) is 15.9 Å². The van der Waals surface area contributed by atoms with E-state index in [2.05, 4.69) is 10.1 Å². The molecular weight excluding hydrogens is 565 g/mol. The summed E-state index contributed by atoms with van der Waals surface area (Å²) in [6, 6.07) is 3.29. The molecule has 1 amide bonds. The molecule has 0 saturated carbocycles. The fourth-order valence-electron chi connectivity index (χ4n) is 5.00. The topological polar surface area (TPSA) is 112 Å². The largest absolute Gasteiger partial charge is 0.497 e. The zero-order chi connectivity index (χ0) is 30.1. The Kier molecular flexibility index (Phi) is 8.80. The number of rotatable bonds is 11. The number of halogens is 3. The Morgan fingerprint density at radius 1 is 1.17 bits per heavy atom. The monoisotopic (exact) mass is 598 g/mol. The van der Waals surface area contributed by atoms with Crippen LogP contribution in [0.25, 0.3) is 0 Å². The van der Waals surface area contributed by atoms with E-state index >= 15 is 0 Å². The molecular formula is C26H33F3N6O5S. The average molecular weight is 599 g/mol. The number of nitrogens with zero attached hydrogens (tertiary/aromatic N) is 6. The number of hydrogen-bond acceptors (Lipinski definition) is 7. The van der Waals surface area contributed by atoms with Crippen LogP contribution in [0, 0.1) is 13.8 Å². The molecule has 1 aromatic carbocycles. The van der Waals surface area contributed by atoms with Crippen LogP contribution in [0.3, 0.4) is 0 Å². The third-order valence-corrected chi connectivity index (χ3v) is 9.18. The Balaban J connectivity index is 1.46. The summed E-state index contributed by atoms with van der Waals surface area (Å²) in [5.74, 6) is 0.572. The van der Waals surface area contributed by atoms with E-state index in [1.54, 1.807) is 38.4 Å². The summed E-state index contributed by atoms with van der Waals surface area (Å²) in [4.78, 5) is 18.5. The molecule has 0 atom stereocenters. The second-order valence-electron chi connectivity index (χ2n) is 9.76. The van der Waals surface area contributed by atoms with Crippen molar-refractivity contribution in [3.8, 4) is 5.75 Å². The number of fused-ring (bicyclic) bond motifs is 1. The molecule has 224 valence electrons. The normalized spacial score (nSPS) is 13.7. The maximum atomic E-state index is 13.9. The van der Waals surface area contributed by atoms with E-state index in [0.29, 0.717) is 34.9 Å². The fraction of sp³-hybridized carbons (Fsp3) is 0.500. The lowest BCUT2D eigenvalue weighted by molar-refractivity contribution is -0.143. The smallest absolute Gasteiger partial charge is 0.435 e. The molecule has 0 radical (unpaired) electrons. The molecule has 1 aliphatic rings. The van der Waals surface area contributed by atoms with Gasteiger partial charge in [-0.25, -0.2) is 13.4 Å². The molecule has 4 rings (SSSR count). The third-order valence-electron chi connectivity index (χ3n) is 7.02. The number of aryl methyl sites for hydroxylation is 4. The van der Waals surface area contributed by atoms with E-state index in [-0.39, 0.29) is 43.2 Å². The van der Waals surface area contributed by atoms with Crippen molar-refractivity contribution in [2.24, 2.45) is 7.05 Å². The predicted molar refractivity (Wildman–Crippen MR) is 141 cm³/mol. The van der Waals surface area contributed by atoms with E-state index < -0.39 is 34.4 Å². The highest BCUT2D eigenvalue weighted by molar-refractivity contribution is 7.89. The lowest BCUT2D eigenvalue weighted by Crippen LogP contribution is -2.36. The minimum atomic E-state index is -4.62. The number of carbonyl (C=O) groups excluding carboxylic acids is 1. The molecule has 0 aliphatic carbocycles. The molecule has 1 aliphatic heterocycles. The highest BCUT2D eigenvalue weighted by atomic mass is 32.2. The number of ether oxygens (including phenoxy) is 2. The Bertz CT molecular complexity index is 1510. The molecule has 0 bridgehead atoms. The molecule has 11 nitrogen and oxygen atoms in total. The van der Waals surface area contributed by atoms with Gasteiger partial charge in [-0.2, -0.15) is 22.6 Å². The summed E-state index contributed by atoms with van der Waals surface area (Å²) in [6.45, 7) is 5.00. The van der Waals surface area contributed by atoms with Crippen LogP contribution in [0.4, 0.5) is 13.2 Å². The third kappa shape index (κ3) is 6.26. The number of carbonyl (C=O) groups is 1. The fourth-order valence-corrected chi connectivity index (χ4v) is 6.79. The van der Waals surface area contributed by atoms with Crippen molar-refractivity contribution in [1.29, 1.82) is 0 Å². The summed E-state index contributed by atoms with van der Waals surface area (Å²) in [7, 11) is -1.11. The number of imidazole rings is 1. The number of methoxy groups -OCH3 is 1. The van der Waals surface area contributed by atoms with Gasteiger partial charge in [-0.1, -0.05) is 0 Å². The summed E-state index contributed by atoms with van der Waals surface area (Å²) in [5, 5.41) is 3.55. The zero-order valence-electron chi connectivity index (χ0n) is 23.5. The predicted octanol–water partition coefficient (Wildman–Crippen LogP) is 3.03. The first-order valence-corrected chi connectivity index (χ1v) is 14.3. The molecule has 0 N–H and O–H groups in total. The molecule has 15 heteroatoms. The molecule has 0 unspecified atom stereocenters. The highest BCUT2D eigenvalue weighted by Gasteiger charge is 2.42. The molecule has 0 saturated heterocycles. The number of alkyl halides is 3. The molecule has 0 fully saturated rings. The number of amides is 1. The van der Waals surface area contributed by atoms with Crippen LogP contribution >= 0.6 is 0 Å². The molecule has 3 aromatic rings. The van der Waals surface area contributed by atoms with Gasteiger partial charge >= 0.3 is 6.18 Å². The van der Waals surface area contributed by atoms with Crippen molar-refractivity contribution in [2.75, 3.05) is 26.9 Å². The molecule has 3 heterocycles. The van der Waals surface area contributed by atoms with Crippen molar-refractivity contribution < 1.29 is 35.9 Å². The highest BCUT2D eigenvalue weighted by Crippen LogP contribution is 2.36. The van der Waals surface area contributed by atoms with Crippen molar-refractivity contribution in [1.82, 2.24) is 28.5 Å². The Labute approximate surface area is 236 Å². The number of hydrogen-bond donors (Lipinski definition) is 0. The number of aromatic nitrogens is 4. The van der Waals surface area contributed by atoms with Crippen LogP contribution in [0.1, 0.15) is 40.8 Å². The van der Waals surface area contributed by atoms with Gasteiger partial charge in [0.1, 0.15) is 18.2 Å². The van der Waals surface area contributed by atoms with Crippen molar-refractivity contribution >= 4 is 15.9 Å². The van der Waals surface area contributed by atoms with Crippen LogP contribution < -0.4 is 4.74 Å². The molecule has 0 spiro atoms. The Hall–Kier alpha value is -3.43. The SMILES string of the molecule is CCn1ccnc1CN(CCOCC(=O)N1Cc2c(C(F)(F)F)nn(C)c2C1)S(=O)(=O)c1c(C)cc(OC)cc1C. The van der Waals surface area contributed by atoms with E-state index in [1.165, 1.54) is 23.4 Å². The maximum Gasteiger partial charge on any atom is 0.435 e. The summed E-state index contributed by atoms with van der Waals surface area (Å²) in [6.07, 6.45) is -1.27. The van der Waals surface area contributed by atoms with Crippen molar-refractivity contribution in [3.63, 3.8) is 0 Å². The van der Waals surface area contributed by atoms with Crippen molar-refractivity contribution in [2.45, 2.75) is 58.0 Å². The van der Waals surface area contributed by atoms with Gasteiger partial charge in [-0.3, -0.25) is 9.48 Å². The van der Waals surface area contributed by atoms with Gasteiger partial charge in [0, 0.05) is 38.1 Å². The lowest BCUT2D eigenvalue weighted by atomic mass is 10.1. The average Bonchev–Trinajstić information content (AvgIpc) is 3.61. The number of benzene rings is 1. The Morgan fingerprint density at radius 3 is 2.46 bits per heavy atom. The minimum Gasteiger partial charge on any atom is -0.497 e. The summed E-state index contributed by atoms with van der Waals surface area (Å²) >= 11 is 0. The molecule has 41 heavy (non-hydrogen) atoms. The maximum absolute atomic E-state index is 13.9. The van der Waals surface area contributed by atoms with E-state index in [9.17, 15) is 26.4 Å². The minimum absolute atomic E-state index is 0.0205. The van der Waals surface area contributed by atoms with Gasteiger partial charge in [-0.15, -0.1) is 0 Å². The molecule has 2 aromatic heterocycles. The first kappa shape index (κ1) is 30.5. The first-order valence-electron chi connectivity index (χ1n) is 12.9.